The van der Waals surface area contributed by atoms with Gasteiger partial charge in [-0.15, -0.1) is 11.8 Å². The van der Waals surface area contributed by atoms with Crippen LogP contribution in [0.4, 0.5) is 0 Å². The number of carbonyl (C=O) groups excluding carboxylic acids is 1. The number of thioether (sulfide) groups is 1. The van der Waals surface area contributed by atoms with Gasteiger partial charge in [0.05, 0.1) is 6.04 Å². The average Bonchev–Trinajstić information content (AvgIpc) is 2.81. The summed E-state index contributed by atoms with van der Waals surface area (Å²) in [6.45, 7) is 5.06. The van der Waals surface area contributed by atoms with Crippen LogP contribution in [0, 0.1) is 0 Å². The second-order valence-corrected chi connectivity index (χ2v) is 6.07. The molecule has 4 heteroatoms. The Morgan fingerprint density at radius 1 is 1.25 bits per heavy atom. The van der Waals surface area contributed by atoms with Crippen LogP contribution in [0.25, 0.3) is 0 Å². The number of amides is 1. The maximum Gasteiger partial charge on any atom is 0.241 e. The smallest absolute Gasteiger partial charge is 0.241 e. The van der Waals surface area contributed by atoms with Crippen molar-refractivity contribution in [1.29, 1.82) is 0 Å². The van der Waals surface area contributed by atoms with Gasteiger partial charge in [0.25, 0.3) is 0 Å². The molecule has 3 nitrogen and oxygen atoms in total. The van der Waals surface area contributed by atoms with Gasteiger partial charge in [-0.05, 0) is 36.8 Å². The van der Waals surface area contributed by atoms with Crippen molar-refractivity contribution in [2.75, 3.05) is 12.8 Å². The minimum Gasteiger partial charge on any atom is -0.322 e. The van der Waals surface area contributed by atoms with Gasteiger partial charge in [0, 0.05) is 11.4 Å². The first kappa shape index (κ1) is 15.4. The monoisotopic (exact) mass is 292 g/mol. The number of hydrogen-bond donors (Lipinski definition) is 1. The van der Waals surface area contributed by atoms with Gasteiger partial charge < -0.3 is 4.90 Å². The lowest BCUT2D eigenvalue weighted by Gasteiger charge is -2.24. The molecule has 0 aliphatic carbocycles. The molecule has 110 valence electrons. The molecule has 1 saturated heterocycles. The molecule has 0 radical (unpaired) electrons. The number of unbranched alkanes of at least 4 members (excludes halogenated alkanes) is 1. The Morgan fingerprint density at radius 2 is 1.95 bits per heavy atom. The van der Waals surface area contributed by atoms with Gasteiger partial charge >= 0.3 is 0 Å². The van der Waals surface area contributed by atoms with Gasteiger partial charge in [0.2, 0.25) is 5.91 Å². The van der Waals surface area contributed by atoms with Crippen molar-refractivity contribution in [3.05, 3.63) is 29.8 Å². The second kappa shape index (κ2) is 7.14. The number of benzene rings is 1. The largest absolute Gasteiger partial charge is 0.322 e. The Bertz CT molecular complexity index is 446. The molecular formula is C16H24N2OS. The molecule has 0 bridgehead atoms. The standard InChI is InChI=1S/C16H24N2OS/c1-4-6-11-18-15(17-14(5-2)16(18)19)12-7-9-13(20-3)10-8-12/h7-10,14-15,17H,4-6,11H2,1-3H3. The number of carbonyl (C=O) groups is 1. The van der Waals surface area contributed by atoms with Crippen molar-refractivity contribution in [3.8, 4) is 0 Å². The number of nitrogens with zero attached hydrogens (tertiary/aromatic N) is 1. The fraction of sp³-hybridized carbons (Fsp3) is 0.562. The normalized spacial score (nSPS) is 22.6. The van der Waals surface area contributed by atoms with Gasteiger partial charge in [-0.3, -0.25) is 10.1 Å². The molecule has 1 amide bonds. The van der Waals surface area contributed by atoms with E-state index in [1.807, 2.05) is 4.90 Å². The summed E-state index contributed by atoms with van der Waals surface area (Å²) >= 11 is 1.74. The molecular weight excluding hydrogens is 268 g/mol. The molecule has 1 aliphatic heterocycles. The summed E-state index contributed by atoms with van der Waals surface area (Å²) in [7, 11) is 0. The molecule has 0 aromatic heterocycles. The predicted molar refractivity (Wildman–Crippen MR) is 84.8 cm³/mol. The highest BCUT2D eigenvalue weighted by Crippen LogP contribution is 2.28. The fourth-order valence-corrected chi connectivity index (χ4v) is 3.01. The Labute approximate surface area is 126 Å². The maximum absolute atomic E-state index is 12.4. The van der Waals surface area contributed by atoms with Crippen molar-refractivity contribution in [1.82, 2.24) is 10.2 Å². The minimum atomic E-state index is -0.0305. The van der Waals surface area contributed by atoms with Crippen LogP contribution in [0.2, 0.25) is 0 Å². The molecule has 2 unspecified atom stereocenters. The molecule has 20 heavy (non-hydrogen) atoms. The molecule has 0 saturated carbocycles. The molecule has 1 N–H and O–H groups in total. The zero-order valence-electron chi connectivity index (χ0n) is 12.6. The van der Waals surface area contributed by atoms with Crippen LogP contribution >= 0.6 is 11.8 Å². The maximum atomic E-state index is 12.4. The van der Waals surface area contributed by atoms with Crippen LogP contribution in [0.1, 0.15) is 44.8 Å². The third-order valence-corrected chi connectivity index (χ3v) is 4.59. The van der Waals surface area contributed by atoms with Crippen LogP contribution in [-0.4, -0.2) is 29.6 Å². The van der Waals surface area contributed by atoms with Gasteiger partial charge in [-0.25, -0.2) is 0 Å². The molecule has 1 aromatic rings. The highest BCUT2D eigenvalue weighted by atomic mass is 32.2. The summed E-state index contributed by atoms with van der Waals surface area (Å²) in [5.41, 5.74) is 1.18. The summed E-state index contributed by atoms with van der Waals surface area (Å²) in [6.07, 6.45) is 5.13. The number of rotatable bonds is 6. The number of nitrogens with one attached hydrogen (secondary N) is 1. The summed E-state index contributed by atoms with van der Waals surface area (Å²) in [6, 6.07) is 8.49. The van der Waals surface area contributed by atoms with E-state index in [9.17, 15) is 4.79 Å². The van der Waals surface area contributed by atoms with E-state index < -0.39 is 0 Å². The molecule has 2 rings (SSSR count). The fourth-order valence-electron chi connectivity index (χ4n) is 2.60. The van der Waals surface area contributed by atoms with E-state index in [1.165, 1.54) is 10.5 Å². The first-order valence-electron chi connectivity index (χ1n) is 7.41. The summed E-state index contributed by atoms with van der Waals surface area (Å²) < 4.78 is 0. The SMILES string of the molecule is CCCCN1C(=O)C(CC)NC1c1ccc(SC)cc1. The highest BCUT2D eigenvalue weighted by Gasteiger charge is 2.37. The Balaban J connectivity index is 2.19. The molecule has 1 fully saturated rings. The zero-order valence-corrected chi connectivity index (χ0v) is 13.4. The van der Waals surface area contributed by atoms with E-state index in [1.54, 1.807) is 11.8 Å². The first-order chi connectivity index (χ1) is 9.71. The van der Waals surface area contributed by atoms with E-state index in [0.717, 1.165) is 25.8 Å². The van der Waals surface area contributed by atoms with Gasteiger partial charge in [0.15, 0.2) is 0 Å². The van der Waals surface area contributed by atoms with Crippen molar-refractivity contribution < 1.29 is 4.79 Å². The zero-order chi connectivity index (χ0) is 14.5. The minimum absolute atomic E-state index is 0.0305. The van der Waals surface area contributed by atoms with Crippen molar-refractivity contribution in [2.24, 2.45) is 0 Å². The Kier molecular flexibility index (Phi) is 5.49. The van der Waals surface area contributed by atoms with Gasteiger partial charge in [-0.1, -0.05) is 32.4 Å². The van der Waals surface area contributed by atoms with Crippen molar-refractivity contribution >= 4 is 17.7 Å². The van der Waals surface area contributed by atoms with Gasteiger partial charge in [0.1, 0.15) is 6.17 Å². The average molecular weight is 292 g/mol. The van der Waals surface area contributed by atoms with E-state index in [0.29, 0.717) is 0 Å². The van der Waals surface area contributed by atoms with Gasteiger partial charge in [-0.2, -0.15) is 0 Å². The molecule has 1 aliphatic rings. The highest BCUT2D eigenvalue weighted by molar-refractivity contribution is 7.98. The molecule has 0 spiro atoms. The number of hydrogen-bond acceptors (Lipinski definition) is 3. The van der Waals surface area contributed by atoms with E-state index in [2.05, 4.69) is 49.7 Å². The summed E-state index contributed by atoms with van der Waals surface area (Å²) in [4.78, 5) is 15.7. The molecule has 1 aromatic carbocycles. The topological polar surface area (TPSA) is 32.3 Å². The summed E-state index contributed by atoms with van der Waals surface area (Å²) in [5, 5.41) is 3.47. The third kappa shape index (κ3) is 3.18. The van der Waals surface area contributed by atoms with Crippen LogP contribution in [-0.2, 0) is 4.79 Å². The molecule has 2 atom stereocenters. The first-order valence-corrected chi connectivity index (χ1v) is 8.64. The lowest BCUT2D eigenvalue weighted by atomic mass is 10.1. The quantitative estimate of drug-likeness (QED) is 0.815. The summed E-state index contributed by atoms with van der Waals surface area (Å²) in [5.74, 6) is 0.250. The lowest BCUT2D eigenvalue weighted by Crippen LogP contribution is -2.31. The van der Waals surface area contributed by atoms with Crippen LogP contribution in [0.3, 0.4) is 0 Å². The Morgan fingerprint density at radius 3 is 2.50 bits per heavy atom. The second-order valence-electron chi connectivity index (χ2n) is 5.19. The van der Waals surface area contributed by atoms with E-state index in [-0.39, 0.29) is 18.1 Å². The third-order valence-electron chi connectivity index (χ3n) is 3.84. The van der Waals surface area contributed by atoms with E-state index >= 15 is 0 Å². The van der Waals surface area contributed by atoms with Crippen LogP contribution in [0.15, 0.2) is 29.2 Å². The van der Waals surface area contributed by atoms with Crippen molar-refractivity contribution in [2.45, 2.75) is 50.2 Å². The Hall–Kier alpha value is -1.00. The van der Waals surface area contributed by atoms with Crippen molar-refractivity contribution in [3.63, 3.8) is 0 Å². The lowest BCUT2D eigenvalue weighted by molar-refractivity contribution is -0.130. The van der Waals surface area contributed by atoms with Crippen LogP contribution < -0.4 is 5.32 Å². The van der Waals surface area contributed by atoms with E-state index in [4.69, 9.17) is 0 Å². The predicted octanol–water partition coefficient (Wildman–Crippen LogP) is 3.42. The molecule has 1 heterocycles. The van der Waals surface area contributed by atoms with Crippen LogP contribution in [0.5, 0.6) is 0 Å².